The summed E-state index contributed by atoms with van der Waals surface area (Å²) < 4.78 is 13.6. The molecule has 0 unspecified atom stereocenters. The average Bonchev–Trinajstić information content (AvgIpc) is 2.96. The van der Waals surface area contributed by atoms with Gasteiger partial charge in [0, 0.05) is 31.1 Å². The Balaban J connectivity index is 1.59. The summed E-state index contributed by atoms with van der Waals surface area (Å²) in [5, 5.41) is 15.8. The lowest BCUT2D eigenvalue weighted by atomic mass is 9.84. The minimum Gasteiger partial charge on any atom is -0.369 e. The van der Waals surface area contributed by atoms with E-state index < -0.39 is 5.54 Å². The van der Waals surface area contributed by atoms with Crippen molar-refractivity contribution in [2.24, 2.45) is 0 Å². The highest BCUT2D eigenvalue weighted by atomic mass is 35.5. The molecule has 2 amide bonds. The van der Waals surface area contributed by atoms with Crippen LogP contribution in [0.15, 0.2) is 60.7 Å². The zero-order valence-electron chi connectivity index (χ0n) is 21.6. The number of pyridine rings is 1. The summed E-state index contributed by atoms with van der Waals surface area (Å²) in [7, 11) is 0. The summed E-state index contributed by atoms with van der Waals surface area (Å²) in [5.41, 5.74) is 2.31. The van der Waals surface area contributed by atoms with Crippen LogP contribution in [0.4, 0.5) is 10.2 Å². The lowest BCUT2D eigenvalue weighted by Gasteiger charge is -2.45. The van der Waals surface area contributed by atoms with E-state index in [1.807, 2.05) is 18.2 Å². The molecule has 7 nitrogen and oxygen atoms in total. The van der Waals surface area contributed by atoms with E-state index in [-0.39, 0.29) is 18.3 Å². The second kappa shape index (κ2) is 13.2. The van der Waals surface area contributed by atoms with E-state index >= 15 is 0 Å². The maximum atomic E-state index is 13.6. The molecule has 3 aromatic rings. The van der Waals surface area contributed by atoms with E-state index in [0.29, 0.717) is 60.0 Å². The van der Waals surface area contributed by atoms with Gasteiger partial charge >= 0.3 is 0 Å². The van der Waals surface area contributed by atoms with Gasteiger partial charge in [0.2, 0.25) is 6.41 Å². The normalized spacial score (nSPS) is 16.8. The van der Waals surface area contributed by atoms with Crippen molar-refractivity contribution >= 4 is 29.7 Å². The Hall–Kier alpha value is -3.96. The number of nitriles is 1. The van der Waals surface area contributed by atoms with Crippen molar-refractivity contribution in [1.82, 2.24) is 15.2 Å². The zero-order valence-corrected chi connectivity index (χ0v) is 22.4. The minimum atomic E-state index is -0.526. The van der Waals surface area contributed by atoms with E-state index in [0.717, 1.165) is 31.2 Å². The molecule has 1 atom stereocenters. The number of alkyl halides is 1. The Morgan fingerprint density at radius 1 is 1.18 bits per heavy atom. The van der Waals surface area contributed by atoms with Gasteiger partial charge in [-0.05, 0) is 68.0 Å². The summed E-state index contributed by atoms with van der Waals surface area (Å²) >= 11 is 6.10. The fourth-order valence-electron chi connectivity index (χ4n) is 5.09. The molecule has 0 spiro atoms. The van der Waals surface area contributed by atoms with Crippen LogP contribution < -0.4 is 10.6 Å². The first kappa shape index (κ1) is 28.1. The van der Waals surface area contributed by atoms with E-state index in [2.05, 4.69) is 16.7 Å². The van der Waals surface area contributed by atoms with Crippen LogP contribution in [-0.2, 0) is 11.2 Å². The van der Waals surface area contributed by atoms with Crippen molar-refractivity contribution in [3.63, 3.8) is 0 Å². The summed E-state index contributed by atoms with van der Waals surface area (Å²) in [6.07, 6.45) is 4.59. The molecule has 4 rings (SSSR count). The van der Waals surface area contributed by atoms with Crippen LogP contribution >= 0.6 is 11.6 Å². The zero-order chi connectivity index (χ0) is 27.7. The number of hydrogen-bond acceptors (Lipinski definition) is 5. The van der Waals surface area contributed by atoms with E-state index in [9.17, 15) is 19.2 Å². The summed E-state index contributed by atoms with van der Waals surface area (Å²) in [4.78, 5) is 31.7. The number of nitrogens with zero attached hydrogens (tertiary/aromatic N) is 3. The lowest BCUT2D eigenvalue weighted by Crippen LogP contribution is -2.57. The minimum absolute atomic E-state index is 0.277. The van der Waals surface area contributed by atoms with E-state index in [4.69, 9.17) is 16.6 Å². The van der Waals surface area contributed by atoms with Crippen LogP contribution in [0.5, 0.6) is 0 Å². The van der Waals surface area contributed by atoms with Gasteiger partial charge in [-0.15, -0.1) is 11.6 Å². The Kier molecular flexibility index (Phi) is 9.50. The second-order valence-electron chi connectivity index (χ2n) is 9.66. The fourth-order valence-corrected chi connectivity index (χ4v) is 5.44. The first-order chi connectivity index (χ1) is 19.0. The number of piperidine rings is 1. The highest BCUT2D eigenvalue weighted by Crippen LogP contribution is 2.31. The van der Waals surface area contributed by atoms with Gasteiger partial charge in [-0.25, -0.2) is 9.37 Å². The number of carbonyl (C=O) groups excluding carboxylic acids is 2. The molecule has 1 aliphatic rings. The molecule has 2 aromatic carbocycles. The van der Waals surface area contributed by atoms with Crippen LogP contribution in [0.2, 0.25) is 0 Å². The van der Waals surface area contributed by atoms with Crippen molar-refractivity contribution in [3.8, 4) is 17.3 Å². The maximum absolute atomic E-state index is 13.6. The number of carbonyl (C=O) groups is 2. The van der Waals surface area contributed by atoms with Gasteiger partial charge in [0.15, 0.2) is 0 Å². The lowest BCUT2D eigenvalue weighted by molar-refractivity contribution is -0.126. The molecule has 9 heteroatoms. The molecule has 0 bridgehead atoms. The SMILES string of the molecule is N#Cc1ccccc1-c1ccc(C(=O)NC[C@]2(CCCl)CCCCN2C=O)c(NCCc2cccc(F)c2)n1. The van der Waals surface area contributed by atoms with Gasteiger partial charge in [0.05, 0.1) is 28.4 Å². The van der Waals surface area contributed by atoms with Crippen LogP contribution in [0.1, 0.15) is 47.2 Å². The number of rotatable bonds is 11. The Bertz CT molecular complexity index is 1360. The predicted molar refractivity (Wildman–Crippen MR) is 150 cm³/mol. The van der Waals surface area contributed by atoms with Crippen molar-refractivity contribution < 1.29 is 14.0 Å². The molecular formula is C30H31ClFN5O2. The smallest absolute Gasteiger partial charge is 0.255 e. The predicted octanol–water partition coefficient (Wildman–Crippen LogP) is 5.15. The van der Waals surface area contributed by atoms with Gasteiger partial charge in [0.25, 0.3) is 5.91 Å². The highest BCUT2D eigenvalue weighted by Gasteiger charge is 2.38. The summed E-state index contributed by atoms with van der Waals surface area (Å²) in [6, 6.07) is 19.1. The molecule has 1 aliphatic heterocycles. The number of likely N-dealkylation sites (tertiary alicyclic amines) is 1. The monoisotopic (exact) mass is 547 g/mol. The van der Waals surface area contributed by atoms with Crippen LogP contribution in [0.3, 0.4) is 0 Å². The number of amides is 2. The number of halogens is 2. The van der Waals surface area contributed by atoms with Crippen molar-refractivity contribution in [2.45, 2.75) is 37.6 Å². The van der Waals surface area contributed by atoms with Gasteiger partial charge < -0.3 is 15.5 Å². The molecule has 0 saturated carbocycles. The first-order valence-electron chi connectivity index (χ1n) is 13.0. The quantitative estimate of drug-likeness (QED) is 0.255. The Morgan fingerprint density at radius 3 is 2.79 bits per heavy atom. The third-order valence-electron chi connectivity index (χ3n) is 7.22. The molecule has 0 radical (unpaired) electrons. The van der Waals surface area contributed by atoms with Crippen molar-refractivity contribution in [3.05, 3.63) is 83.2 Å². The first-order valence-corrected chi connectivity index (χ1v) is 13.6. The second-order valence-corrected chi connectivity index (χ2v) is 10.0. The van der Waals surface area contributed by atoms with E-state index in [1.54, 1.807) is 35.2 Å². The maximum Gasteiger partial charge on any atom is 0.255 e. The number of benzene rings is 2. The van der Waals surface area contributed by atoms with E-state index in [1.165, 1.54) is 12.1 Å². The molecule has 1 aromatic heterocycles. The molecular weight excluding hydrogens is 517 g/mol. The van der Waals surface area contributed by atoms with Crippen LogP contribution in [0.25, 0.3) is 11.3 Å². The van der Waals surface area contributed by atoms with Crippen LogP contribution in [0, 0.1) is 17.1 Å². The molecule has 0 aliphatic carbocycles. The summed E-state index contributed by atoms with van der Waals surface area (Å²) in [6.45, 7) is 1.33. The Labute approximate surface area is 233 Å². The highest BCUT2D eigenvalue weighted by molar-refractivity contribution is 6.17. The summed E-state index contributed by atoms with van der Waals surface area (Å²) in [5.74, 6) is 0.0956. The molecule has 1 fully saturated rings. The average molecular weight is 548 g/mol. The van der Waals surface area contributed by atoms with Gasteiger partial charge in [-0.1, -0.05) is 30.3 Å². The largest absolute Gasteiger partial charge is 0.369 e. The number of nitrogens with one attached hydrogen (secondary N) is 2. The third kappa shape index (κ3) is 6.73. The van der Waals surface area contributed by atoms with Crippen LogP contribution in [-0.4, -0.2) is 53.3 Å². The van der Waals surface area contributed by atoms with Crippen molar-refractivity contribution in [2.75, 3.05) is 30.8 Å². The Morgan fingerprint density at radius 2 is 2.03 bits per heavy atom. The van der Waals surface area contributed by atoms with Gasteiger partial charge in [-0.2, -0.15) is 5.26 Å². The molecule has 1 saturated heterocycles. The number of aromatic nitrogens is 1. The molecule has 39 heavy (non-hydrogen) atoms. The van der Waals surface area contributed by atoms with Gasteiger partial charge in [-0.3, -0.25) is 9.59 Å². The standard InChI is InChI=1S/C30H31ClFN5O2/c31-15-14-30(13-3-4-17-37(30)21-38)20-35-29(39)26-10-11-27(25-9-2-1-7-23(25)19-33)36-28(26)34-16-12-22-6-5-8-24(32)18-22/h1-2,5-11,18,21H,3-4,12-17,20H2,(H,34,36)(H,35,39)/t30-/m1/s1. The molecule has 2 heterocycles. The topological polar surface area (TPSA) is 98.1 Å². The molecule has 2 N–H and O–H groups in total. The fraction of sp³-hybridized carbons (Fsp3) is 0.333. The third-order valence-corrected chi connectivity index (χ3v) is 7.41. The number of hydrogen-bond donors (Lipinski definition) is 2. The van der Waals surface area contributed by atoms with Crippen molar-refractivity contribution in [1.29, 1.82) is 5.26 Å². The molecule has 202 valence electrons. The van der Waals surface area contributed by atoms with Gasteiger partial charge in [0.1, 0.15) is 11.6 Å². The number of anilines is 1.